The summed E-state index contributed by atoms with van der Waals surface area (Å²) in [6, 6.07) is 15.2. The topological polar surface area (TPSA) is 48.0 Å². The van der Waals surface area contributed by atoms with Crippen LogP contribution in [0.25, 0.3) is 0 Å². The summed E-state index contributed by atoms with van der Waals surface area (Å²) in [7, 11) is 1.75. The molecule has 2 atom stereocenters. The second kappa shape index (κ2) is 7.47. The molecule has 2 aromatic carbocycles. The zero-order valence-corrected chi connectivity index (χ0v) is 14.8. The van der Waals surface area contributed by atoms with Crippen molar-refractivity contribution >= 4 is 5.91 Å². The van der Waals surface area contributed by atoms with Crippen molar-refractivity contribution in [2.24, 2.45) is 0 Å². The molecular weight excluding hydrogens is 318 g/mol. The Labute approximate surface area is 148 Å². The van der Waals surface area contributed by atoms with E-state index in [0.717, 1.165) is 11.3 Å². The van der Waals surface area contributed by atoms with Crippen molar-refractivity contribution in [3.05, 3.63) is 54.1 Å². The van der Waals surface area contributed by atoms with E-state index in [1.54, 1.807) is 18.9 Å². The number of ether oxygens (including phenoxy) is 3. The number of para-hydroxylation sites is 2. The number of rotatable bonds is 5. The molecular formula is C20H23NO4. The van der Waals surface area contributed by atoms with Gasteiger partial charge in [0.2, 0.25) is 0 Å². The van der Waals surface area contributed by atoms with Crippen LogP contribution in [0.15, 0.2) is 48.5 Å². The van der Waals surface area contributed by atoms with E-state index in [1.165, 1.54) is 0 Å². The Kier molecular flexibility index (Phi) is 5.12. The average Bonchev–Trinajstić information content (AvgIpc) is 2.61. The number of amides is 1. The highest BCUT2D eigenvalue weighted by molar-refractivity contribution is 5.80. The fourth-order valence-electron chi connectivity index (χ4n) is 2.80. The summed E-state index contributed by atoms with van der Waals surface area (Å²) in [5.41, 5.74) is 1.09. The minimum absolute atomic E-state index is 0.0936. The van der Waals surface area contributed by atoms with E-state index in [9.17, 15) is 4.79 Å². The lowest BCUT2D eigenvalue weighted by Gasteiger charge is -2.30. The Balaban J connectivity index is 1.55. The Hall–Kier alpha value is -2.69. The van der Waals surface area contributed by atoms with E-state index >= 15 is 0 Å². The lowest BCUT2D eigenvalue weighted by atomic mass is 10.2. The Morgan fingerprint density at radius 3 is 2.76 bits per heavy atom. The Bertz CT molecular complexity index is 746. The second-order valence-corrected chi connectivity index (χ2v) is 6.29. The maximum atomic E-state index is 12.6. The zero-order valence-electron chi connectivity index (χ0n) is 14.8. The molecule has 0 radical (unpaired) electrons. The number of fused-ring (bicyclic) bond motifs is 1. The molecule has 0 spiro atoms. The molecule has 1 heterocycles. The van der Waals surface area contributed by atoms with Gasteiger partial charge in [0.05, 0.1) is 6.54 Å². The van der Waals surface area contributed by atoms with Gasteiger partial charge in [0.1, 0.15) is 12.4 Å². The van der Waals surface area contributed by atoms with Gasteiger partial charge in [-0.1, -0.05) is 24.3 Å². The number of benzene rings is 2. The van der Waals surface area contributed by atoms with Crippen LogP contribution in [-0.4, -0.2) is 43.2 Å². The molecule has 0 aliphatic carbocycles. The first kappa shape index (κ1) is 17.1. The first-order chi connectivity index (χ1) is 12.0. The highest BCUT2D eigenvalue weighted by Crippen LogP contribution is 2.31. The standard InChI is InChI=1S/C20H23NO4/c1-14-7-6-8-16(11-14)24-15(2)20(22)21(3)12-17-13-23-18-9-4-5-10-19(18)25-17/h4-11,15,17H,12-13H2,1-3H3. The summed E-state index contributed by atoms with van der Waals surface area (Å²) in [5.74, 6) is 2.05. The van der Waals surface area contributed by atoms with Crippen LogP contribution in [0.5, 0.6) is 17.2 Å². The van der Waals surface area contributed by atoms with Crippen molar-refractivity contribution in [1.82, 2.24) is 4.90 Å². The largest absolute Gasteiger partial charge is 0.486 e. The van der Waals surface area contributed by atoms with Crippen LogP contribution in [0.4, 0.5) is 0 Å². The first-order valence-corrected chi connectivity index (χ1v) is 8.39. The van der Waals surface area contributed by atoms with Gasteiger partial charge in [0.15, 0.2) is 23.7 Å². The van der Waals surface area contributed by atoms with E-state index in [2.05, 4.69) is 0 Å². The summed E-state index contributed by atoms with van der Waals surface area (Å²) in [5, 5.41) is 0. The summed E-state index contributed by atoms with van der Waals surface area (Å²) in [6.07, 6.45) is -0.765. The predicted molar refractivity (Wildman–Crippen MR) is 95.3 cm³/mol. The summed E-state index contributed by atoms with van der Waals surface area (Å²) in [6.45, 7) is 4.61. The second-order valence-electron chi connectivity index (χ2n) is 6.29. The quantitative estimate of drug-likeness (QED) is 0.839. The summed E-state index contributed by atoms with van der Waals surface area (Å²) < 4.78 is 17.4. The van der Waals surface area contributed by atoms with Crippen LogP contribution >= 0.6 is 0 Å². The van der Waals surface area contributed by atoms with Gasteiger partial charge < -0.3 is 19.1 Å². The normalized spacial score (nSPS) is 16.8. The molecule has 0 aromatic heterocycles. The summed E-state index contributed by atoms with van der Waals surface area (Å²) >= 11 is 0. The van der Waals surface area contributed by atoms with Gasteiger partial charge in [-0.15, -0.1) is 0 Å². The highest BCUT2D eigenvalue weighted by Gasteiger charge is 2.26. The Morgan fingerprint density at radius 2 is 2.00 bits per heavy atom. The smallest absolute Gasteiger partial charge is 0.263 e. The van der Waals surface area contributed by atoms with Crippen LogP contribution < -0.4 is 14.2 Å². The molecule has 5 heteroatoms. The SMILES string of the molecule is Cc1cccc(OC(C)C(=O)N(C)CC2COc3ccccc3O2)c1. The van der Waals surface area contributed by atoms with E-state index in [1.807, 2.05) is 55.5 Å². The molecule has 2 unspecified atom stereocenters. The fraction of sp³-hybridized carbons (Fsp3) is 0.350. The van der Waals surface area contributed by atoms with Crippen molar-refractivity contribution in [2.45, 2.75) is 26.1 Å². The van der Waals surface area contributed by atoms with Gasteiger partial charge in [-0.3, -0.25) is 4.79 Å². The number of hydrogen-bond acceptors (Lipinski definition) is 4. The maximum Gasteiger partial charge on any atom is 0.263 e. The van der Waals surface area contributed by atoms with Gasteiger partial charge >= 0.3 is 0 Å². The number of carbonyl (C=O) groups excluding carboxylic acids is 1. The number of hydrogen-bond donors (Lipinski definition) is 0. The molecule has 0 bridgehead atoms. The average molecular weight is 341 g/mol. The molecule has 132 valence electrons. The van der Waals surface area contributed by atoms with Gasteiger partial charge in [-0.25, -0.2) is 0 Å². The molecule has 3 rings (SSSR count). The summed E-state index contributed by atoms with van der Waals surface area (Å²) in [4.78, 5) is 14.2. The van der Waals surface area contributed by atoms with Gasteiger partial charge in [0.25, 0.3) is 5.91 Å². The lowest BCUT2D eigenvalue weighted by Crippen LogP contribution is -2.45. The van der Waals surface area contributed by atoms with Gasteiger partial charge in [0, 0.05) is 7.05 Å². The van der Waals surface area contributed by atoms with Crippen LogP contribution in [0, 0.1) is 6.92 Å². The molecule has 0 N–H and O–H groups in total. The minimum atomic E-state index is -0.566. The fourth-order valence-corrected chi connectivity index (χ4v) is 2.80. The lowest BCUT2D eigenvalue weighted by molar-refractivity contribution is -0.138. The van der Waals surface area contributed by atoms with Crippen LogP contribution in [0.3, 0.4) is 0 Å². The van der Waals surface area contributed by atoms with Gasteiger partial charge in [-0.05, 0) is 43.7 Å². The van der Waals surface area contributed by atoms with E-state index in [4.69, 9.17) is 14.2 Å². The van der Waals surface area contributed by atoms with Crippen LogP contribution in [0.1, 0.15) is 12.5 Å². The predicted octanol–water partition coefficient (Wildman–Crippen LogP) is 3.06. The van der Waals surface area contributed by atoms with Crippen molar-refractivity contribution in [3.63, 3.8) is 0 Å². The monoisotopic (exact) mass is 341 g/mol. The third kappa shape index (κ3) is 4.24. The van der Waals surface area contributed by atoms with Crippen molar-refractivity contribution in [3.8, 4) is 17.2 Å². The van der Waals surface area contributed by atoms with Crippen LogP contribution in [-0.2, 0) is 4.79 Å². The number of likely N-dealkylation sites (N-methyl/N-ethyl adjacent to an activating group) is 1. The molecule has 2 aromatic rings. The van der Waals surface area contributed by atoms with Crippen molar-refractivity contribution in [2.75, 3.05) is 20.2 Å². The molecule has 5 nitrogen and oxygen atoms in total. The maximum absolute atomic E-state index is 12.6. The molecule has 25 heavy (non-hydrogen) atoms. The minimum Gasteiger partial charge on any atom is -0.486 e. The van der Waals surface area contributed by atoms with Crippen LogP contribution in [0.2, 0.25) is 0 Å². The highest BCUT2D eigenvalue weighted by atomic mass is 16.6. The van der Waals surface area contributed by atoms with E-state index in [0.29, 0.717) is 24.7 Å². The number of carbonyl (C=O) groups is 1. The molecule has 0 saturated heterocycles. The number of nitrogens with zero attached hydrogens (tertiary/aromatic N) is 1. The molecule has 0 saturated carbocycles. The number of aryl methyl sites for hydroxylation is 1. The van der Waals surface area contributed by atoms with E-state index in [-0.39, 0.29) is 12.0 Å². The Morgan fingerprint density at radius 1 is 1.24 bits per heavy atom. The zero-order chi connectivity index (χ0) is 17.8. The van der Waals surface area contributed by atoms with Crippen molar-refractivity contribution in [1.29, 1.82) is 0 Å². The molecule has 1 aliphatic rings. The third-order valence-electron chi connectivity index (χ3n) is 4.07. The first-order valence-electron chi connectivity index (χ1n) is 8.39. The molecule has 0 fully saturated rings. The molecule has 1 amide bonds. The van der Waals surface area contributed by atoms with Gasteiger partial charge in [-0.2, -0.15) is 0 Å². The van der Waals surface area contributed by atoms with Crippen molar-refractivity contribution < 1.29 is 19.0 Å². The molecule has 1 aliphatic heterocycles. The third-order valence-corrected chi connectivity index (χ3v) is 4.07. The van der Waals surface area contributed by atoms with E-state index < -0.39 is 6.10 Å².